The van der Waals surface area contributed by atoms with Crippen LogP contribution in [-0.2, 0) is 14.3 Å². The molecule has 0 bridgehead atoms. The van der Waals surface area contributed by atoms with Crippen molar-refractivity contribution in [1.82, 2.24) is 0 Å². The third kappa shape index (κ3) is 5.53. The van der Waals surface area contributed by atoms with Crippen molar-refractivity contribution < 1.29 is 14.3 Å². The number of hydrogen-bond acceptors (Lipinski definition) is 5. The van der Waals surface area contributed by atoms with Gasteiger partial charge in [-0.2, -0.15) is 5.26 Å². The van der Waals surface area contributed by atoms with Gasteiger partial charge in [0.15, 0.2) is 5.78 Å². The minimum atomic E-state index is -0.509. The van der Waals surface area contributed by atoms with Crippen LogP contribution in [0.25, 0.3) is 0 Å². The number of esters is 1. The molecule has 0 amide bonds. The molecule has 0 heterocycles. The van der Waals surface area contributed by atoms with Crippen molar-refractivity contribution >= 4 is 17.4 Å². The number of nitrogens with zero attached hydrogens (tertiary/aromatic N) is 2. The van der Waals surface area contributed by atoms with Crippen molar-refractivity contribution in [2.75, 3.05) is 24.6 Å². The Morgan fingerprint density at radius 1 is 1.30 bits per heavy atom. The van der Waals surface area contributed by atoms with E-state index >= 15 is 0 Å². The summed E-state index contributed by atoms with van der Waals surface area (Å²) in [4.78, 5) is 24.9. The average molecular weight is 274 g/mol. The summed E-state index contributed by atoms with van der Waals surface area (Å²) >= 11 is 0. The summed E-state index contributed by atoms with van der Waals surface area (Å²) in [6.45, 7) is 2.52. The SMILES string of the molecule is CCOC(=O)CC(=O)CN(CCC#N)c1ccccc1. The summed E-state index contributed by atoms with van der Waals surface area (Å²) in [5.74, 6) is -0.726. The molecule has 0 N–H and O–H groups in total. The molecule has 0 aliphatic heterocycles. The standard InChI is InChI=1S/C15H18N2O3/c1-2-20-15(19)11-14(18)12-17(10-6-9-16)13-7-4-3-5-8-13/h3-5,7-8H,2,6,10-12H2,1H3. The molecule has 1 aromatic rings. The van der Waals surface area contributed by atoms with Crippen LogP contribution in [0.5, 0.6) is 0 Å². The van der Waals surface area contributed by atoms with Crippen LogP contribution in [0.3, 0.4) is 0 Å². The number of ether oxygens (including phenoxy) is 1. The largest absolute Gasteiger partial charge is 0.466 e. The minimum Gasteiger partial charge on any atom is -0.466 e. The second-order valence-corrected chi connectivity index (χ2v) is 4.19. The van der Waals surface area contributed by atoms with Gasteiger partial charge in [0.05, 0.1) is 25.6 Å². The molecular weight excluding hydrogens is 256 g/mol. The van der Waals surface area contributed by atoms with Crippen LogP contribution in [-0.4, -0.2) is 31.4 Å². The van der Waals surface area contributed by atoms with E-state index in [0.717, 1.165) is 5.69 Å². The normalized spacial score (nSPS) is 9.60. The predicted molar refractivity (Wildman–Crippen MR) is 75.1 cm³/mol. The van der Waals surface area contributed by atoms with Gasteiger partial charge in [0.1, 0.15) is 6.42 Å². The van der Waals surface area contributed by atoms with E-state index in [4.69, 9.17) is 10.00 Å². The van der Waals surface area contributed by atoms with Gasteiger partial charge < -0.3 is 9.64 Å². The van der Waals surface area contributed by atoms with Gasteiger partial charge >= 0.3 is 5.97 Å². The van der Waals surface area contributed by atoms with Crippen LogP contribution in [0, 0.1) is 11.3 Å². The number of para-hydroxylation sites is 1. The molecule has 0 unspecified atom stereocenters. The number of Topliss-reactive ketones (excluding diaryl/α,β-unsaturated/α-hetero) is 1. The summed E-state index contributed by atoms with van der Waals surface area (Å²) in [5, 5.41) is 8.68. The molecule has 0 aliphatic rings. The Kier molecular flexibility index (Phi) is 6.83. The molecule has 0 fully saturated rings. The minimum absolute atomic E-state index is 0.102. The van der Waals surface area contributed by atoms with Crippen molar-refractivity contribution in [3.05, 3.63) is 30.3 Å². The Hall–Kier alpha value is -2.35. The maximum absolute atomic E-state index is 11.8. The summed E-state index contributed by atoms with van der Waals surface area (Å²) in [7, 11) is 0. The Labute approximate surface area is 118 Å². The summed E-state index contributed by atoms with van der Waals surface area (Å²) in [6.07, 6.45) is 0.0886. The number of hydrogen-bond donors (Lipinski definition) is 0. The first-order chi connectivity index (χ1) is 9.67. The third-order valence-corrected chi connectivity index (χ3v) is 2.63. The lowest BCUT2D eigenvalue weighted by Crippen LogP contribution is -2.31. The number of carbonyl (C=O) groups is 2. The van der Waals surface area contributed by atoms with Gasteiger partial charge in [0, 0.05) is 12.2 Å². The maximum atomic E-state index is 11.8. The van der Waals surface area contributed by atoms with E-state index in [-0.39, 0.29) is 25.4 Å². The number of rotatable bonds is 8. The van der Waals surface area contributed by atoms with Crippen LogP contribution in [0.15, 0.2) is 30.3 Å². The third-order valence-electron chi connectivity index (χ3n) is 2.63. The topological polar surface area (TPSA) is 70.4 Å². The molecule has 0 saturated heterocycles. The highest BCUT2D eigenvalue weighted by Crippen LogP contribution is 2.13. The highest BCUT2D eigenvalue weighted by Gasteiger charge is 2.15. The van der Waals surface area contributed by atoms with E-state index in [0.29, 0.717) is 13.0 Å². The van der Waals surface area contributed by atoms with Crippen molar-refractivity contribution in [2.45, 2.75) is 19.8 Å². The van der Waals surface area contributed by atoms with Gasteiger partial charge in [-0.05, 0) is 19.1 Å². The van der Waals surface area contributed by atoms with Crippen LogP contribution in [0.2, 0.25) is 0 Å². The Morgan fingerprint density at radius 3 is 2.60 bits per heavy atom. The van der Waals surface area contributed by atoms with Gasteiger partial charge in [-0.3, -0.25) is 9.59 Å². The monoisotopic (exact) mass is 274 g/mol. The van der Waals surface area contributed by atoms with E-state index in [2.05, 4.69) is 6.07 Å². The first-order valence-corrected chi connectivity index (χ1v) is 6.51. The maximum Gasteiger partial charge on any atom is 0.313 e. The molecule has 0 aromatic heterocycles. The lowest BCUT2D eigenvalue weighted by molar-refractivity contribution is -0.145. The van der Waals surface area contributed by atoms with E-state index in [1.807, 2.05) is 30.3 Å². The molecule has 20 heavy (non-hydrogen) atoms. The number of carbonyl (C=O) groups excluding carboxylic acids is 2. The zero-order valence-electron chi connectivity index (χ0n) is 11.5. The molecule has 1 rings (SSSR count). The van der Waals surface area contributed by atoms with Crippen molar-refractivity contribution in [3.8, 4) is 6.07 Å². The molecule has 0 radical (unpaired) electrons. The fraction of sp³-hybridized carbons (Fsp3) is 0.400. The van der Waals surface area contributed by atoms with Crippen molar-refractivity contribution in [3.63, 3.8) is 0 Å². The summed E-state index contributed by atoms with van der Waals surface area (Å²) in [5.41, 5.74) is 0.861. The fourth-order valence-electron chi connectivity index (χ4n) is 1.76. The molecule has 5 nitrogen and oxygen atoms in total. The van der Waals surface area contributed by atoms with Gasteiger partial charge in [0.2, 0.25) is 0 Å². The predicted octanol–water partition coefficient (Wildman–Crippen LogP) is 1.93. The zero-order valence-corrected chi connectivity index (χ0v) is 11.5. The lowest BCUT2D eigenvalue weighted by atomic mass is 10.2. The first-order valence-electron chi connectivity index (χ1n) is 6.51. The molecular formula is C15H18N2O3. The van der Waals surface area contributed by atoms with Gasteiger partial charge in [-0.15, -0.1) is 0 Å². The van der Waals surface area contributed by atoms with Crippen LogP contribution in [0.1, 0.15) is 19.8 Å². The van der Waals surface area contributed by atoms with Crippen LogP contribution < -0.4 is 4.90 Å². The second kappa shape index (κ2) is 8.70. The van der Waals surface area contributed by atoms with Gasteiger partial charge in [-0.1, -0.05) is 18.2 Å². The lowest BCUT2D eigenvalue weighted by Gasteiger charge is -2.22. The van der Waals surface area contributed by atoms with E-state index in [1.165, 1.54) is 0 Å². The number of anilines is 1. The Bertz CT molecular complexity index is 480. The molecule has 0 atom stereocenters. The fourth-order valence-corrected chi connectivity index (χ4v) is 1.76. The highest BCUT2D eigenvalue weighted by molar-refractivity contribution is 5.97. The number of nitriles is 1. The van der Waals surface area contributed by atoms with Gasteiger partial charge in [-0.25, -0.2) is 0 Å². The molecule has 5 heteroatoms. The Morgan fingerprint density at radius 2 is 2.00 bits per heavy atom. The second-order valence-electron chi connectivity index (χ2n) is 4.19. The summed E-state index contributed by atoms with van der Waals surface area (Å²) < 4.78 is 4.75. The van der Waals surface area contributed by atoms with Crippen LogP contribution >= 0.6 is 0 Å². The molecule has 1 aromatic carbocycles. The molecule has 0 spiro atoms. The number of benzene rings is 1. The van der Waals surface area contributed by atoms with Crippen LogP contribution in [0.4, 0.5) is 5.69 Å². The molecule has 0 saturated carbocycles. The molecule has 106 valence electrons. The smallest absolute Gasteiger partial charge is 0.313 e. The van der Waals surface area contributed by atoms with Crippen molar-refractivity contribution in [2.24, 2.45) is 0 Å². The quantitative estimate of drug-likeness (QED) is 0.535. The highest BCUT2D eigenvalue weighted by atomic mass is 16.5. The first kappa shape index (κ1) is 15.7. The van der Waals surface area contributed by atoms with Crippen molar-refractivity contribution in [1.29, 1.82) is 5.26 Å². The molecule has 0 aliphatic carbocycles. The average Bonchev–Trinajstić information content (AvgIpc) is 2.44. The van der Waals surface area contributed by atoms with E-state index in [9.17, 15) is 9.59 Å². The zero-order chi connectivity index (χ0) is 14.8. The van der Waals surface area contributed by atoms with E-state index in [1.54, 1.807) is 11.8 Å². The Balaban J connectivity index is 2.63. The van der Waals surface area contributed by atoms with Gasteiger partial charge in [0.25, 0.3) is 0 Å². The van der Waals surface area contributed by atoms with E-state index < -0.39 is 5.97 Å². The number of ketones is 1. The summed E-state index contributed by atoms with van der Waals surface area (Å²) in [6, 6.07) is 11.4.